The Balaban J connectivity index is 3.02. The molecule has 108 valence electrons. The molecule has 2 aromatic rings. The molecule has 0 atom stereocenters. The first-order valence-corrected chi connectivity index (χ1v) is 6.16. The highest BCUT2D eigenvalue weighted by Crippen LogP contribution is 2.46. The number of hydrogen-bond donors (Lipinski definition) is 0. The standard InChI is InChI=1S/C15H14N2O4/c1-8-13(19-3)10-5-6-17-11(7-16)12(10)15(14(8)20-4)21-9(2)18/h5-6H,1-4H3. The maximum Gasteiger partial charge on any atom is 0.308 e. The van der Waals surface area contributed by atoms with Gasteiger partial charge in [-0.05, 0) is 13.0 Å². The van der Waals surface area contributed by atoms with Crippen LogP contribution in [0.5, 0.6) is 17.2 Å². The third-order valence-electron chi connectivity index (χ3n) is 3.07. The van der Waals surface area contributed by atoms with Crippen LogP contribution in [0.3, 0.4) is 0 Å². The molecule has 1 aromatic heterocycles. The van der Waals surface area contributed by atoms with Crippen LogP contribution >= 0.6 is 0 Å². The van der Waals surface area contributed by atoms with E-state index in [1.807, 2.05) is 6.07 Å². The lowest BCUT2D eigenvalue weighted by Crippen LogP contribution is -2.06. The van der Waals surface area contributed by atoms with Gasteiger partial charge in [0.1, 0.15) is 11.8 Å². The number of rotatable bonds is 3. The Kier molecular flexibility index (Phi) is 3.94. The Morgan fingerprint density at radius 3 is 2.43 bits per heavy atom. The highest BCUT2D eigenvalue weighted by atomic mass is 16.6. The van der Waals surface area contributed by atoms with E-state index in [0.29, 0.717) is 27.8 Å². The number of methoxy groups -OCH3 is 2. The Labute approximate surface area is 121 Å². The van der Waals surface area contributed by atoms with Gasteiger partial charge in [-0.25, -0.2) is 4.98 Å². The molecule has 21 heavy (non-hydrogen) atoms. The molecule has 0 unspecified atom stereocenters. The molecule has 1 aromatic carbocycles. The zero-order chi connectivity index (χ0) is 15.6. The van der Waals surface area contributed by atoms with E-state index in [1.54, 1.807) is 13.0 Å². The smallest absolute Gasteiger partial charge is 0.308 e. The van der Waals surface area contributed by atoms with Crippen molar-refractivity contribution in [2.24, 2.45) is 0 Å². The summed E-state index contributed by atoms with van der Waals surface area (Å²) in [5, 5.41) is 10.3. The number of hydrogen-bond acceptors (Lipinski definition) is 6. The molecule has 0 fully saturated rings. The van der Waals surface area contributed by atoms with E-state index in [9.17, 15) is 10.1 Å². The molecule has 0 aliphatic rings. The van der Waals surface area contributed by atoms with Gasteiger partial charge in [0.05, 0.1) is 19.6 Å². The summed E-state index contributed by atoms with van der Waals surface area (Å²) < 4.78 is 16.0. The van der Waals surface area contributed by atoms with E-state index in [-0.39, 0.29) is 11.4 Å². The third-order valence-corrected chi connectivity index (χ3v) is 3.07. The lowest BCUT2D eigenvalue weighted by atomic mass is 10.0. The quantitative estimate of drug-likeness (QED) is 0.636. The molecular weight excluding hydrogens is 272 g/mol. The molecule has 2 rings (SSSR count). The number of carbonyl (C=O) groups excluding carboxylic acids is 1. The fourth-order valence-electron chi connectivity index (χ4n) is 2.30. The van der Waals surface area contributed by atoms with Gasteiger partial charge in [-0.3, -0.25) is 4.79 Å². The van der Waals surface area contributed by atoms with Crippen LogP contribution in [0.25, 0.3) is 10.8 Å². The lowest BCUT2D eigenvalue weighted by Gasteiger charge is -2.18. The topological polar surface area (TPSA) is 81.4 Å². The van der Waals surface area contributed by atoms with Crippen molar-refractivity contribution in [1.82, 2.24) is 4.98 Å². The highest BCUT2D eigenvalue weighted by molar-refractivity contribution is 6.01. The average Bonchev–Trinajstić information content (AvgIpc) is 2.46. The molecule has 0 radical (unpaired) electrons. The van der Waals surface area contributed by atoms with Crippen molar-refractivity contribution in [2.45, 2.75) is 13.8 Å². The molecule has 0 spiro atoms. The number of carbonyl (C=O) groups is 1. The third kappa shape index (κ3) is 2.34. The van der Waals surface area contributed by atoms with Crippen molar-refractivity contribution in [1.29, 1.82) is 5.26 Å². The zero-order valence-electron chi connectivity index (χ0n) is 12.2. The van der Waals surface area contributed by atoms with E-state index in [0.717, 1.165) is 0 Å². The number of fused-ring (bicyclic) bond motifs is 1. The van der Waals surface area contributed by atoms with Crippen LogP contribution < -0.4 is 14.2 Å². The molecule has 0 amide bonds. The van der Waals surface area contributed by atoms with Crippen LogP contribution in [0.2, 0.25) is 0 Å². The van der Waals surface area contributed by atoms with E-state index in [1.165, 1.54) is 27.3 Å². The van der Waals surface area contributed by atoms with Gasteiger partial charge in [0.2, 0.25) is 0 Å². The number of nitrogens with zero attached hydrogens (tertiary/aromatic N) is 2. The average molecular weight is 286 g/mol. The molecule has 0 N–H and O–H groups in total. The second-order valence-corrected chi connectivity index (χ2v) is 4.31. The van der Waals surface area contributed by atoms with Crippen LogP contribution in [-0.4, -0.2) is 25.2 Å². The van der Waals surface area contributed by atoms with Crippen LogP contribution in [0.15, 0.2) is 12.3 Å². The molecule has 0 saturated heterocycles. The van der Waals surface area contributed by atoms with Gasteiger partial charge in [0, 0.05) is 24.1 Å². The van der Waals surface area contributed by atoms with Gasteiger partial charge >= 0.3 is 5.97 Å². The van der Waals surface area contributed by atoms with E-state index >= 15 is 0 Å². The minimum Gasteiger partial charge on any atom is -0.496 e. The van der Waals surface area contributed by atoms with Crippen molar-refractivity contribution < 1.29 is 19.0 Å². The van der Waals surface area contributed by atoms with Gasteiger partial charge in [0.15, 0.2) is 17.2 Å². The van der Waals surface area contributed by atoms with Crippen LogP contribution in [0, 0.1) is 18.3 Å². The summed E-state index contributed by atoms with van der Waals surface area (Å²) in [6, 6.07) is 3.69. The van der Waals surface area contributed by atoms with Crippen molar-refractivity contribution in [3.8, 4) is 23.3 Å². The van der Waals surface area contributed by atoms with E-state index < -0.39 is 5.97 Å². The number of nitriles is 1. The molecule has 6 heteroatoms. The first-order valence-electron chi connectivity index (χ1n) is 6.16. The highest BCUT2D eigenvalue weighted by Gasteiger charge is 2.23. The second kappa shape index (κ2) is 5.67. The maximum absolute atomic E-state index is 11.4. The van der Waals surface area contributed by atoms with Crippen LogP contribution in [0.1, 0.15) is 18.2 Å². The lowest BCUT2D eigenvalue weighted by molar-refractivity contribution is -0.131. The van der Waals surface area contributed by atoms with Crippen molar-refractivity contribution in [3.63, 3.8) is 0 Å². The summed E-state index contributed by atoms with van der Waals surface area (Å²) in [7, 11) is 2.99. The number of ether oxygens (including phenoxy) is 3. The van der Waals surface area contributed by atoms with Gasteiger partial charge < -0.3 is 14.2 Å². The largest absolute Gasteiger partial charge is 0.496 e. The van der Waals surface area contributed by atoms with E-state index in [2.05, 4.69) is 4.98 Å². The normalized spacial score (nSPS) is 10.0. The number of pyridine rings is 1. The molecule has 0 saturated carbocycles. The predicted octanol–water partition coefficient (Wildman–Crippen LogP) is 2.36. The maximum atomic E-state index is 11.4. The number of esters is 1. The van der Waals surface area contributed by atoms with Crippen LogP contribution in [0.4, 0.5) is 0 Å². The Bertz CT molecular complexity index is 763. The number of aromatic nitrogens is 1. The van der Waals surface area contributed by atoms with Gasteiger partial charge in [-0.1, -0.05) is 0 Å². The number of benzene rings is 1. The summed E-state index contributed by atoms with van der Waals surface area (Å²) in [6.07, 6.45) is 1.51. The minimum atomic E-state index is -0.507. The summed E-state index contributed by atoms with van der Waals surface area (Å²) in [5.41, 5.74) is 0.819. The molecule has 6 nitrogen and oxygen atoms in total. The summed E-state index contributed by atoms with van der Waals surface area (Å²) in [4.78, 5) is 15.4. The van der Waals surface area contributed by atoms with Crippen molar-refractivity contribution in [3.05, 3.63) is 23.5 Å². The molecule has 0 aliphatic carbocycles. The zero-order valence-corrected chi connectivity index (χ0v) is 12.2. The molecule has 0 aliphatic heterocycles. The predicted molar refractivity (Wildman–Crippen MR) is 75.6 cm³/mol. The van der Waals surface area contributed by atoms with Gasteiger partial charge in [-0.15, -0.1) is 0 Å². The minimum absolute atomic E-state index is 0.139. The molecule has 1 heterocycles. The fourth-order valence-corrected chi connectivity index (χ4v) is 2.30. The summed E-state index contributed by atoms with van der Waals surface area (Å²) in [6.45, 7) is 3.07. The van der Waals surface area contributed by atoms with E-state index in [4.69, 9.17) is 14.2 Å². The van der Waals surface area contributed by atoms with Crippen molar-refractivity contribution >= 4 is 16.7 Å². The SMILES string of the molecule is COc1c(C)c(OC)c2ccnc(C#N)c2c1OC(C)=O. The fraction of sp³-hybridized carbons (Fsp3) is 0.267. The van der Waals surface area contributed by atoms with Crippen LogP contribution in [-0.2, 0) is 4.79 Å². The molecule has 0 bridgehead atoms. The second-order valence-electron chi connectivity index (χ2n) is 4.31. The van der Waals surface area contributed by atoms with Gasteiger partial charge in [0.25, 0.3) is 0 Å². The van der Waals surface area contributed by atoms with Crippen molar-refractivity contribution in [2.75, 3.05) is 14.2 Å². The Hall–Kier alpha value is -2.81. The summed E-state index contributed by atoms with van der Waals surface area (Å²) >= 11 is 0. The summed E-state index contributed by atoms with van der Waals surface area (Å²) in [5.74, 6) is 0.575. The monoisotopic (exact) mass is 286 g/mol. The Morgan fingerprint density at radius 2 is 1.90 bits per heavy atom. The molecular formula is C15H14N2O4. The van der Waals surface area contributed by atoms with Gasteiger partial charge in [-0.2, -0.15) is 5.26 Å². The first-order chi connectivity index (χ1) is 10.0. The first kappa shape index (κ1) is 14.6. The Morgan fingerprint density at radius 1 is 1.24 bits per heavy atom.